The van der Waals surface area contributed by atoms with Crippen molar-refractivity contribution in [2.24, 2.45) is 0 Å². The summed E-state index contributed by atoms with van der Waals surface area (Å²) < 4.78 is 0. The molecule has 0 aliphatic carbocycles. The molecule has 0 aliphatic heterocycles. The minimum absolute atomic E-state index is 0.107. The van der Waals surface area contributed by atoms with E-state index in [0.717, 1.165) is 23.1 Å². The Morgan fingerprint density at radius 3 is 2.53 bits per heavy atom. The predicted molar refractivity (Wildman–Crippen MR) is 87.8 cm³/mol. The van der Waals surface area contributed by atoms with E-state index in [1.165, 1.54) is 0 Å². The number of rotatable bonds is 6. The number of hydrogen-bond acceptors (Lipinski definition) is 2. The van der Waals surface area contributed by atoms with E-state index < -0.39 is 0 Å². The number of nitrogens with one attached hydrogen (secondary N) is 1. The lowest BCUT2D eigenvalue weighted by Crippen LogP contribution is -2.49. The van der Waals surface area contributed by atoms with Gasteiger partial charge in [0.05, 0.1) is 10.6 Å². The SMILES string of the molecule is CCC(CC)(CBr)NC(=O)c1cc(SC)ccc1Cl. The molecule has 1 rings (SSSR count). The quantitative estimate of drug-likeness (QED) is 0.583. The number of alkyl halides is 1. The fourth-order valence-electron chi connectivity index (χ4n) is 1.76. The first-order valence-corrected chi connectivity index (χ1v) is 8.96. The summed E-state index contributed by atoms with van der Waals surface area (Å²) in [6.45, 7) is 4.15. The van der Waals surface area contributed by atoms with Gasteiger partial charge in [-0.2, -0.15) is 0 Å². The molecule has 0 unspecified atom stereocenters. The van der Waals surface area contributed by atoms with Crippen LogP contribution in [0.4, 0.5) is 0 Å². The van der Waals surface area contributed by atoms with Crippen molar-refractivity contribution in [3.63, 3.8) is 0 Å². The van der Waals surface area contributed by atoms with Crippen molar-refractivity contribution in [1.29, 1.82) is 0 Å². The molecule has 1 amide bonds. The normalized spacial score (nSPS) is 11.4. The van der Waals surface area contributed by atoms with E-state index in [1.807, 2.05) is 18.4 Å². The largest absolute Gasteiger partial charge is 0.346 e. The molecule has 0 bridgehead atoms. The molecule has 0 aliphatic rings. The zero-order valence-corrected chi connectivity index (χ0v) is 14.6. The van der Waals surface area contributed by atoms with Gasteiger partial charge in [-0.25, -0.2) is 0 Å². The van der Waals surface area contributed by atoms with E-state index in [-0.39, 0.29) is 11.4 Å². The van der Waals surface area contributed by atoms with Crippen molar-refractivity contribution in [3.8, 4) is 0 Å². The Morgan fingerprint density at radius 2 is 2.05 bits per heavy atom. The van der Waals surface area contributed by atoms with Crippen molar-refractivity contribution < 1.29 is 4.79 Å². The predicted octanol–water partition coefficient (Wildman–Crippen LogP) is 4.75. The van der Waals surface area contributed by atoms with Gasteiger partial charge < -0.3 is 5.32 Å². The number of benzene rings is 1. The van der Waals surface area contributed by atoms with Crippen LogP contribution in [0.2, 0.25) is 5.02 Å². The van der Waals surface area contributed by atoms with E-state index in [0.29, 0.717) is 10.6 Å². The third-order valence-electron chi connectivity index (χ3n) is 3.41. The first-order chi connectivity index (χ1) is 9.01. The molecule has 0 heterocycles. The van der Waals surface area contributed by atoms with Gasteiger partial charge in [-0.1, -0.05) is 41.4 Å². The van der Waals surface area contributed by atoms with Gasteiger partial charge >= 0.3 is 0 Å². The number of thioether (sulfide) groups is 1. The van der Waals surface area contributed by atoms with Gasteiger partial charge in [-0.05, 0) is 37.3 Å². The van der Waals surface area contributed by atoms with Crippen molar-refractivity contribution in [2.45, 2.75) is 37.1 Å². The van der Waals surface area contributed by atoms with E-state index in [1.54, 1.807) is 17.8 Å². The van der Waals surface area contributed by atoms with Crippen LogP contribution in [0.5, 0.6) is 0 Å². The number of carbonyl (C=O) groups excluding carboxylic acids is 1. The average molecular weight is 365 g/mol. The fraction of sp³-hybridized carbons (Fsp3) is 0.500. The van der Waals surface area contributed by atoms with Crippen molar-refractivity contribution in [3.05, 3.63) is 28.8 Å². The summed E-state index contributed by atoms with van der Waals surface area (Å²) in [7, 11) is 0. The van der Waals surface area contributed by atoms with E-state index in [9.17, 15) is 4.79 Å². The lowest BCUT2D eigenvalue weighted by molar-refractivity contribution is 0.0903. The summed E-state index contributed by atoms with van der Waals surface area (Å²) in [5.74, 6) is -0.107. The van der Waals surface area contributed by atoms with Gasteiger partial charge in [-0.15, -0.1) is 11.8 Å². The Morgan fingerprint density at radius 1 is 1.42 bits per heavy atom. The molecular weight excluding hydrogens is 346 g/mol. The van der Waals surface area contributed by atoms with E-state index in [2.05, 4.69) is 35.1 Å². The molecule has 5 heteroatoms. The Bertz CT molecular complexity index is 441. The summed E-state index contributed by atoms with van der Waals surface area (Å²) in [6, 6.07) is 5.53. The van der Waals surface area contributed by atoms with Crippen LogP contribution in [-0.2, 0) is 0 Å². The third kappa shape index (κ3) is 4.14. The number of carbonyl (C=O) groups is 1. The highest BCUT2D eigenvalue weighted by Gasteiger charge is 2.27. The molecule has 0 atom stereocenters. The molecule has 1 N–H and O–H groups in total. The van der Waals surface area contributed by atoms with Crippen LogP contribution in [0.25, 0.3) is 0 Å². The second-order valence-corrected chi connectivity index (χ2v) is 6.27. The van der Waals surface area contributed by atoms with E-state index in [4.69, 9.17) is 11.6 Å². The Labute approximate surface area is 132 Å². The Hall–Kier alpha value is -0.190. The van der Waals surface area contributed by atoms with Crippen molar-refractivity contribution in [2.75, 3.05) is 11.6 Å². The van der Waals surface area contributed by atoms with Crippen LogP contribution in [-0.4, -0.2) is 23.0 Å². The zero-order chi connectivity index (χ0) is 14.5. The summed E-state index contributed by atoms with van der Waals surface area (Å²) >= 11 is 11.2. The van der Waals surface area contributed by atoms with Gasteiger partial charge in [0.25, 0.3) is 5.91 Å². The highest BCUT2D eigenvalue weighted by Crippen LogP contribution is 2.25. The van der Waals surface area contributed by atoms with Gasteiger partial charge in [0.15, 0.2) is 0 Å². The smallest absolute Gasteiger partial charge is 0.253 e. The number of hydrogen-bond donors (Lipinski definition) is 1. The highest BCUT2D eigenvalue weighted by molar-refractivity contribution is 9.09. The zero-order valence-electron chi connectivity index (χ0n) is 11.4. The monoisotopic (exact) mass is 363 g/mol. The minimum atomic E-state index is -0.213. The molecule has 0 spiro atoms. The molecule has 1 aromatic rings. The van der Waals surface area contributed by atoms with Crippen LogP contribution in [0.1, 0.15) is 37.0 Å². The van der Waals surface area contributed by atoms with E-state index >= 15 is 0 Å². The maximum atomic E-state index is 12.4. The summed E-state index contributed by atoms with van der Waals surface area (Å²) in [5.41, 5.74) is 0.330. The third-order valence-corrected chi connectivity index (χ3v) is 5.53. The molecular formula is C14H19BrClNOS. The van der Waals surface area contributed by atoms with Crippen LogP contribution in [0.15, 0.2) is 23.1 Å². The molecule has 0 saturated carbocycles. The second-order valence-electron chi connectivity index (χ2n) is 4.42. The van der Waals surface area contributed by atoms with Crippen molar-refractivity contribution in [1.82, 2.24) is 5.32 Å². The van der Waals surface area contributed by atoms with Crippen LogP contribution < -0.4 is 5.32 Å². The second kappa shape index (κ2) is 7.55. The maximum Gasteiger partial charge on any atom is 0.253 e. The van der Waals surface area contributed by atoms with Gasteiger partial charge in [0.1, 0.15) is 0 Å². The maximum absolute atomic E-state index is 12.4. The van der Waals surface area contributed by atoms with Crippen molar-refractivity contribution >= 4 is 45.2 Å². The lowest BCUT2D eigenvalue weighted by atomic mass is 9.95. The Balaban J connectivity index is 3.00. The van der Waals surface area contributed by atoms with Crippen LogP contribution in [0.3, 0.4) is 0 Å². The highest BCUT2D eigenvalue weighted by atomic mass is 79.9. The number of halogens is 2. The molecule has 106 valence electrons. The molecule has 0 aromatic heterocycles. The molecule has 1 aromatic carbocycles. The van der Waals surface area contributed by atoms with Gasteiger partial charge in [-0.3, -0.25) is 4.79 Å². The molecule has 0 saturated heterocycles. The fourth-order valence-corrected chi connectivity index (χ4v) is 3.34. The molecule has 0 fully saturated rings. The molecule has 19 heavy (non-hydrogen) atoms. The first-order valence-electron chi connectivity index (χ1n) is 6.24. The lowest BCUT2D eigenvalue weighted by Gasteiger charge is -2.31. The molecule has 2 nitrogen and oxygen atoms in total. The summed E-state index contributed by atoms with van der Waals surface area (Å²) in [4.78, 5) is 13.4. The average Bonchev–Trinajstić information content (AvgIpc) is 2.45. The standard InChI is InChI=1S/C14H19BrClNOS/c1-4-14(5-2,9-15)17-13(18)11-8-10(19-3)6-7-12(11)16/h6-8H,4-5,9H2,1-3H3,(H,17,18). The first kappa shape index (κ1) is 16.9. The summed E-state index contributed by atoms with van der Waals surface area (Å²) in [6.07, 6.45) is 3.73. The topological polar surface area (TPSA) is 29.1 Å². The summed E-state index contributed by atoms with van der Waals surface area (Å²) in [5, 5.41) is 4.33. The van der Waals surface area contributed by atoms with Crippen LogP contribution >= 0.6 is 39.3 Å². The molecule has 0 radical (unpaired) electrons. The minimum Gasteiger partial charge on any atom is -0.346 e. The van der Waals surface area contributed by atoms with Crippen LogP contribution in [0, 0.1) is 0 Å². The number of amides is 1. The van der Waals surface area contributed by atoms with Gasteiger partial charge in [0.2, 0.25) is 0 Å². The Kier molecular flexibility index (Phi) is 6.71. The van der Waals surface area contributed by atoms with Gasteiger partial charge in [0, 0.05) is 15.8 Å².